The Morgan fingerprint density at radius 3 is 2.13 bits per heavy atom. The Hall–Kier alpha value is -3.93. The van der Waals surface area contributed by atoms with E-state index in [1.807, 2.05) is 56.3 Å². The van der Waals surface area contributed by atoms with Gasteiger partial charge in [-0.25, -0.2) is 5.43 Å². The molecule has 0 spiro atoms. The molecule has 152 valence electrons. The molecule has 0 saturated carbocycles. The fourth-order valence-electron chi connectivity index (χ4n) is 2.79. The Labute approximate surface area is 175 Å². The van der Waals surface area contributed by atoms with Crippen LogP contribution < -0.4 is 15.5 Å². The number of nitrogens with one attached hydrogen (secondary N) is 2. The molecule has 0 heterocycles. The van der Waals surface area contributed by atoms with Crippen LogP contribution in [0.25, 0.3) is 0 Å². The number of methoxy groups -OCH3 is 1. The predicted molar refractivity (Wildman–Crippen MR) is 118 cm³/mol. The number of aryl methyl sites for hydroxylation is 1. The summed E-state index contributed by atoms with van der Waals surface area (Å²) in [5.74, 6) is 0.222. The first-order valence-corrected chi connectivity index (χ1v) is 9.43. The normalized spacial score (nSPS) is 11.0. The summed E-state index contributed by atoms with van der Waals surface area (Å²) in [5.41, 5.74) is 6.75. The molecular weight excluding hydrogens is 378 g/mol. The number of anilines is 1. The van der Waals surface area contributed by atoms with Crippen molar-refractivity contribution in [2.45, 2.75) is 13.8 Å². The molecule has 3 aromatic rings. The summed E-state index contributed by atoms with van der Waals surface area (Å²) >= 11 is 0. The van der Waals surface area contributed by atoms with E-state index < -0.39 is 0 Å². The van der Waals surface area contributed by atoms with Crippen molar-refractivity contribution in [1.82, 2.24) is 5.43 Å². The van der Waals surface area contributed by atoms with Crippen molar-refractivity contribution in [3.05, 3.63) is 95.1 Å². The molecule has 2 N–H and O–H groups in total. The summed E-state index contributed by atoms with van der Waals surface area (Å²) in [4.78, 5) is 24.7. The number of amides is 2. The van der Waals surface area contributed by atoms with Gasteiger partial charge < -0.3 is 10.1 Å². The van der Waals surface area contributed by atoms with Gasteiger partial charge in [-0.3, -0.25) is 9.59 Å². The third-order valence-electron chi connectivity index (χ3n) is 4.52. The van der Waals surface area contributed by atoms with Crippen molar-refractivity contribution >= 4 is 23.2 Å². The van der Waals surface area contributed by atoms with Gasteiger partial charge in [0.2, 0.25) is 0 Å². The van der Waals surface area contributed by atoms with Gasteiger partial charge in [-0.05, 0) is 80.1 Å². The Morgan fingerprint density at radius 1 is 0.833 bits per heavy atom. The molecule has 2 amide bonds. The Bertz CT molecular complexity index is 1070. The van der Waals surface area contributed by atoms with Crippen LogP contribution >= 0.6 is 0 Å². The van der Waals surface area contributed by atoms with E-state index >= 15 is 0 Å². The summed E-state index contributed by atoms with van der Waals surface area (Å²) in [7, 11) is 1.61. The molecule has 0 atom stereocenters. The highest BCUT2D eigenvalue weighted by atomic mass is 16.5. The molecule has 6 nitrogen and oxygen atoms in total. The summed E-state index contributed by atoms with van der Waals surface area (Å²) in [6.45, 7) is 3.75. The lowest BCUT2D eigenvalue weighted by atomic mass is 10.1. The molecule has 0 aliphatic rings. The van der Waals surface area contributed by atoms with Gasteiger partial charge in [0.1, 0.15) is 5.75 Å². The van der Waals surface area contributed by atoms with Gasteiger partial charge in [0.25, 0.3) is 11.8 Å². The van der Waals surface area contributed by atoms with Gasteiger partial charge in [-0.15, -0.1) is 0 Å². The van der Waals surface area contributed by atoms with Crippen LogP contribution in [0.5, 0.6) is 5.75 Å². The maximum absolute atomic E-state index is 12.3. The molecule has 0 aliphatic heterocycles. The fraction of sp³-hybridized carbons (Fsp3) is 0.125. The molecule has 0 aliphatic carbocycles. The highest BCUT2D eigenvalue weighted by Gasteiger charge is 2.08. The minimum atomic E-state index is -0.334. The van der Waals surface area contributed by atoms with E-state index in [9.17, 15) is 9.59 Å². The minimum absolute atomic E-state index is 0.199. The van der Waals surface area contributed by atoms with Gasteiger partial charge in [0.05, 0.1) is 12.8 Å². The zero-order valence-electron chi connectivity index (χ0n) is 17.1. The van der Waals surface area contributed by atoms with Crippen LogP contribution in [0.3, 0.4) is 0 Å². The van der Waals surface area contributed by atoms with Crippen LogP contribution in [-0.4, -0.2) is 24.6 Å². The average Bonchev–Trinajstić information content (AvgIpc) is 2.77. The molecule has 0 aromatic heterocycles. The SMILES string of the molecule is COc1ccc(/C(C)=N\NC(=O)c2ccc(NC(=O)c3cccc(C)c3)cc2)cc1. The second kappa shape index (κ2) is 9.52. The number of hydrazone groups is 1. The maximum Gasteiger partial charge on any atom is 0.271 e. The summed E-state index contributed by atoms with van der Waals surface area (Å²) < 4.78 is 5.13. The van der Waals surface area contributed by atoms with E-state index in [4.69, 9.17) is 4.74 Å². The van der Waals surface area contributed by atoms with Crippen molar-refractivity contribution in [1.29, 1.82) is 0 Å². The Morgan fingerprint density at radius 2 is 1.50 bits per heavy atom. The largest absolute Gasteiger partial charge is 0.497 e. The highest BCUT2D eigenvalue weighted by molar-refractivity contribution is 6.05. The molecule has 0 fully saturated rings. The smallest absolute Gasteiger partial charge is 0.271 e. The lowest BCUT2D eigenvalue weighted by molar-refractivity contribution is 0.0954. The van der Waals surface area contributed by atoms with Gasteiger partial charge in [-0.2, -0.15) is 5.10 Å². The van der Waals surface area contributed by atoms with Gasteiger partial charge in [0, 0.05) is 16.8 Å². The molecule has 0 bridgehead atoms. The number of nitrogens with zero attached hydrogens (tertiary/aromatic N) is 1. The molecule has 6 heteroatoms. The van der Waals surface area contributed by atoms with E-state index in [1.54, 1.807) is 37.4 Å². The first kappa shape index (κ1) is 20.8. The number of carbonyl (C=O) groups is 2. The van der Waals surface area contributed by atoms with Gasteiger partial charge >= 0.3 is 0 Å². The monoisotopic (exact) mass is 401 g/mol. The summed E-state index contributed by atoms with van der Waals surface area (Å²) in [6, 6.07) is 21.4. The summed E-state index contributed by atoms with van der Waals surface area (Å²) in [5, 5.41) is 6.98. The van der Waals surface area contributed by atoms with Crippen molar-refractivity contribution in [3.63, 3.8) is 0 Å². The van der Waals surface area contributed by atoms with Crippen LogP contribution in [0.1, 0.15) is 38.8 Å². The van der Waals surface area contributed by atoms with Gasteiger partial charge in [-0.1, -0.05) is 17.7 Å². The first-order valence-electron chi connectivity index (χ1n) is 9.43. The minimum Gasteiger partial charge on any atom is -0.497 e. The molecule has 3 aromatic carbocycles. The van der Waals surface area contributed by atoms with E-state index in [0.29, 0.717) is 22.5 Å². The van der Waals surface area contributed by atoms with E-state index in [0.717, 1.165) is 16.9 Å². The fourth-order valence-corrected chi connectivity index (χ4v) is 2.79. The molecule has 0 radical (unpaired) electrons. The Kier molecular flexibility index (Phi) is 6.60. The number of carbonyl (C=O) groups excluding carboxylic acids is 2. The van der Waals surface area contributed by atoms with Crippen molar-refractivity contribution in [3.8, 4) is 5.75 Å². The van der Waals surface area contributed by atoms with Crippen LogP contribution in [0.4, 0.5) is 5.69 Å². The van der Waals surface area contributed by atoms with E-state index in [2.05, 4.69) is 15.8 Å². The number of benzene rings is 3. The van der Waals surface area contributed by atoms with Crippen LogP contribution in [0.2, 0.25) is 0 Å². The van der Waals surface area contributed by atoms with Crippen LogP contribution in [0.15, 0.2) is 77.9 Å². The van der Waals surface area contributed by atoms with Crippen LogP contribution in [0, 0.1) is 6.92 Å². The van der Waals surface area contributed by atoms with E-state index in [-0.39, 0.29) is 11.8 Å². The zero-order valence-corrected chi connectivity index (χ0v) is 17.1. The third kappa shape index (κ3) is 5.32. The maximum atomic E-state index is 12.3. The molecule has 3 rings (SSSR count). The summed E-state index contributed by atoms with van der Waals surface area (Å²) in [6.07, 6.45) is 0. The molecule has 30 heavy (non-hydrogen) atoms. The van der Waals surface area contributed by atoms with E-state index in [1.165, 1.54) is 0 Å². The molecule has 0 unspecified atom stereocenters. The molecule has 0 saturated heterocycles. The standard InChI is InChI=1S/C24H23N3O3/c1-16-5-4-6-20(15-16)23(28)25-21-11-7-19(8-12-21)24(29)27-26-17(2)18-9-13-22(30-3)14-10-18/h4-15H,1-3H3,(H,25,28)(H,27,29)/b26-17-. The number of hydrogen-bond acceptors (Lipinski definition) is 4. The predicted octanol–water partition coefficient (Wildman–Crippen LogP) is 4.41. The lowest BCUT2D eigenvalue weighted by Gasteiger charge is -2.07. The topological polar surface area (TPSA) is 79.8 Å². The Balaban J connectivity index is 1.61. The quantitative estimate of drug-likeness (QED) is 0.474. The lowest BCUT2D eigenvalue weighted by Crippen LogP contribution is -2.19. The van der Waals surface area contributed by atoms with Crippen molar-refractivity contribution < 1.29 is 14.3 Å². The second-order valence-corrected chi connectivity index (χ2v) is 6.77. The number of hydrogen-bond donors (Lipinski definition) is 2. The second-order valence-electron chi connectivity index (χ2n) is 6.77. The third-order valence-corrected chi connectivity index (χ3v) is 4.52. The number of rotatable bonds is 6. The number of ether oxygens (including phenoxy) is 1. The highest BCUT2D eigenvalue weighted by Crippen LogP contribution is 2.14. The van der Waals surface area contributed by atoms with Crippen molar-refractivity contribution in [2.75, 3.05) is 12.4 Å². The van der Waals surface area contributed by atoms with Gasteiger partial charge in [0.15, 0.2) is 0 Å². The first-order chi connectivity index (χ1) is 14.5. The van der Waals surface area contributed by atoms with Crippen LogP contribution in [-0.2, 0) is 0 Å². The average molecular weight is 401 g/mol. The van der Waals surface area contributed by atoms with Crippen molar-refractivity contribution in [2.24, 2.45) is 5.10 Å². The zero-order chi connectivity index (χ0) is 21.5. The molecular formula is C24H23N3O3.